The highest BCUT2D eigenvalue weighted by Crippen LogP contribution is 2.17. The minimum atomic E-state index is -0.605. The zero-order valence-electron chi connectivity index (χ0n) is 12.4. The van der Waals surface area contributed by atoms with Crippen LogP contribution in [0.15, 0.2) is 10.4 Å². The van der Waals surface area contributed by atoms with Crippen molar-refractivity contribution in [2.75, 3.05) is 33.5 Å². The summed E-state index contributed by atoms with van der Waals surface area (Å²) < 4.78 is 10.2. The number of amides is 2. The molecule has 1 N–H and O–H groups in total. The molecule has 0 aromatic heterocycles. The van der Waals surface area contributed by atoms with Crippen molar-refractivity contribution in [1.82, 2.24) is 10.2 Å². The van der Waals surface area contributed by atoms with E-state index < -0.39 is 6.04 Å². The van der Waals surface area contributed by atoms with Gasteiger partial charge in [-0.15, -0.1) is 4.91 Å². The van der Waals surface area contributed by atoms with Gasteiger partial charge in [-0.05, 0) is 18.5 Å². The third kappa shape index (κ3) is 5.35. The van der Waals surface area contributed by atoms with Crippen molar-refractivity contribution in [2.24, 2.45) is 10.4 Å². The van der Waals surface area contributed by atoms with E-state index in [4.69, 9.17) is 9.47 Å². The third-order valence-electron chi connectivity index (χ3n) is 3.58. The lowest BCUT2D eigenvalue weighted by atomic mass is 10.0. The lowest BCUT2D eigenvalue weighted by Crippen LogP contribution is -2.53. The van der Waals surface area contributed by atoms with Gasteiger partial charge >= 0.3 is 6.03 Å². The van der Waals surface area contributed by atoms with Crippen LogP contribution in [0.2, 0.25) is 0 Å². The van der Waals surface area contributed by atoms with Gasteiger partial charge in [-0.3, -0.25) is 0 Å². The Morgan fingerprint density at radius 1 is 1.43 bits per heavy atom. The molecule has 1 aliphatic heterocycles. The Labute approximate surface area is 123 Å². The molecule has 0 bridgehead atoms. The summed E-state index contributed by atoms with van der Waals surface area (Å²) in [6.07, 6.45) is 0.762. The number of nitrogens with one attached hydrogen (secondary N) is 1. The Morgan fingerprint density at radius 3 is 2.76 bits per heavy atom. The SMILES string of the molecule is COC(COCN=O)CC(N=O)[C@H](C)N1CCCNC1=O. The monoisotopic (exact) mass is 302 g/mol. The van der Waals surface area contributed by atoms with Crippen LogP contribution >= 0.6 is 0 Å². The second-order valence-corrected chi connectivity index (χ2v) is 4.91. The molecule has 1 aliphatic rings. The summed E-state index contributed by atoms with van der Waals surface area (Å²) in [5.74, 6) is 0. The average molecular weight is 302 g/mol. The molecule has 21 heavy (non-hydrogen) atoms. The molecule has 1 rings (SSSR count). The van der Waals surface area contributed by atoms with Crippen LogP contribution in [0.25, 0.3) is 0 Å². The van der Waals surface area contributed by atoms with Crippen molar-refractivity contribution in [3.8, 4) is 0 Å². The van der Waals surface area contributed by atoms with Crippen LogP contribution in [0.5, 0.6) is 0 Å². The van der Waals surface area contributed by atoms with Crippen molar-refractivity contribution in [1.29, 1.82) is 0 Å². The number of nitrogens with zero attached hydrogens (tertiary/aromatic N) is 3. The summed E-state index contributed by atoms with van der Waals surface area (Å²) in [4.78, 5) is 34.5. The van der Waals surface area contributed by atoms with Gasteiger partial charge in [-0.2, -0.15) is 4.91 Å². The van der Waals surface area contributed by atoms with Gasteiger partial charge < -0.3 is 19.7 Å². The molecular weight excluding hydrogens is 280 g/mol. The van der Waals surface area contributed by atoms with E-state index in [1.54, 1.807) is 11.8 Å². The topological polar surface area (TPSA) is 110 Å². The van der Waals surface area contributed by atoms with Crippen LogP contribution in [0.3, 0.4) is 0 Å². The van der Waals surface area contributed by atoms with Crippen molar-refractivity contribution < 1.29 is 14.3 Å². The maximum atomic E-state index is 11.8. The van der Waals surface area contributed by atoms with Crippen LogP contribution in [0.4, 0.5) is 4.79 Å². The molecule has 9 nitrogen and oxygen atoms in total. The molecule has 3 atom stereocenters. The molecule has 1 fully saturated rings. The second-order valence-electron chi connectivity index (χ2n) is 4.91. The minimum Gasteiger partial charge on any atom is -0.379 e. The number of urea groups is 1. The van der Waals surface area contributed by atoms with Gasteiger partial charge in [0.1, 0.15) is 6.04 Å². The molecule has 0 spiro atoms. The average Bonchev–Trinajstić information content (AvgIpc) is 2.50. The van der Waals surface area contributed by atoms with E-state index in [2.05, 4.69) is 15.7 Å². The van der Waals surface area contributed by atoms with Gasteiger partial charge in [0.25, 0.3) is 0 Å². The zero-order valence-corrected chi connectivity index (χ0v) is 12.4. The van der Waals surface area contributed by atoms with E-state index >= 15 is 0 Å². The van der Waals surface area contributed by atoms with Gasteiger partial charge in [-0.1, -0.05) is 5.18 Å². The molecule has 2 unspecified atom stereocenters. The standard InChI is InChI=1S/C12H22N4O5/c1-9(16-5-3-4-13-12(16)17)11(15-19)6-10(20-2)7-21-8-14-18/h9-11H,3-8H2,1-2H3,(H,13,17)/t9-,10?,11?/m0/s1. The van der Waals surface area contributed by atoms with Crippen molar-refractivity contribution >= 4 is 6.03 Å². The van der Waals surface area contributed by atoms with E-state index in [0.29, 0.717) is 19.5 Å². The highest BCUT2D eigenvalue weighted by Gasteiger charge is 2.31. The number of nitroso groups, excluding NO2 is 2. The fourth-order valence-electron chi connectivity index (χ4n) is 2.30. The molecular formula is C12H22N4O5. The fraction of sp³-hybridized carbons (Fsp3) is 0.917. The van der Waals surface area contributed by atoms with Crippen LogP contribution in [-0.4, -0.2) is 62.7 Å². The lowest BCUT2D eigenvalue weighted by molar-refractivity contribution is -0.000659. The predicted molar refractivity (Wildman–Crippen MR) is 75.8 cm³/mol. The smallest absolute Gasteiger partial charge is 0.317 e. The number of hydrogen-bond donors (Lipinski definition) is 1. The van der Waals surface area contributed by atoms with Crippen molar-refractivity contribution in [3.63, 3.8) is 0 Å². The summed E-state index contributed by atoms with van der Waals surface area (Å²) in [5.41, 5.74) is 0. The summed E-state index contributed by atoms with van der Waals surface area (Å²) in [7, 11) is 1.49. The Hall–Kier alpha value is -1.61. The summed E-state index contributed by atoms with van der Waals surface area (Å²) in [6.45, 7) is 2.92. The maximum absolute atomic E-state index is 11.8. The van der Waals surface area contributed by atoms with E-state index in [-0.39, 0.29) is 31.5 Å². The Kier molecular flexibility index (Phi) is 7.76. The summed E-state index contributed by atoms with van der Waals surface area (Å²) in [6, 6.07) is -1.12. The Morgan fingerprint density at radius 2 is 2.19 bits per heavy atom. The highest BCUT2D eigenvalue weighted by molar-refractivity contribution is 5.75. The first-order chi connectivity index (χ1) is 10.1. The molecule has 9 heteroatoms. The maximum Gasteiger partial charge on any atom is 0.317 e. The van der Waals surface area contributed by atoms with Crippen LogP contribution in [-0.2, 0) is 9.47 Å². The number of methoxy groups -OCH3 is 1. The quantitative estimate of drug-likeness (QED) is 0.479. The summed E-state index contributed by atoms with van der Waals surface area (Å²) >= 11 is 0. The first-order valence-electron chi connectivity index (χ1n) is 6.90. The highest BCUT2D eigenvalue weighted by atomic mass is 16.5. The molecule has 1 heterocycles. The van der Waals surface area contributed by atoms with Crippen molar-refractivity contribution in [2.45, 2.75) is 38.0 Å². The molecule has 1 saturated heterocycles. The number of rotatable bonds is 10. The largest absolute Gasteiger partial charge is 0.379 e. The van der Waals surface area contributed by atoms with Gasteiger partial charge in [0.05, 0.1) is 18.8 Å². The van der Waals surface area contributed by atoms with Crippen LogP contribution < -0.4 is 5.32 Å². The lowest BCUT2D eigenvalue weighted by Gasteiger charge is -2.35. The normalized spacial score (nSPS) is 19.5. The molecule has 0 aliphatic carbocycles. The van der Waals surface area contributed by atoms with E-state index in [0.717, 1.165) is 6.42 Å². The van der Waals surface area contributed by atoms with Crippen LogP contribution in [0, 0.1) is 9.81 Å². The zero-order chi connectivity index (χ0) is 15.7. The first kappa shape index (κ1) is 17.4. The fourth-order valence-corrected chi connectivity index (χ4v) is 2.30. The van der Waals surface area contributed by atoms with E-state index in [9.17, 15) is 14.6 Å². The molecule has 0 aromatic carbocycles. The summed E-state index contributed by atoms with van der Waals surface area (Å²) in [5, 5.41) is 8.45. The second kappa shape index (κ2) is 9.35. The van der Waals surface area contributed by atoms with Crippen LogP contribution in [0.1, 0.15) is 19.8 Å². The predicted octanol–water partition coefficient (Wildman–Crippen LogP) is 1.07. The number of hydrogen-bond acceptors (Lipinski definition) is 7. The first-order valence-corrected chi connectivity index (χ1v) is 6.90. The molecule has 120 valence electrons. The molecule has 2 amide bonds. The minimum absolute atomic E-state index is 0.146. The number of ether oxygens (including phenoxy) is 2. The molecule has 0 radical (unpaired) electrons. The van der Waals surface area contributed by atoms with E-state index in [1.165, 1.54) is 7.11 Å². The van der Waals surface area contributed by atoms with E-state index in [1.807, 2.05) is 0 Å². The molecule has 0 saturated carbocycles. The molecule has 0 aromatic rings. The van der Waals surface area contributed by atoms with Gasteiger partial charge in [0, 0.05) is 26.6 Å². The number of carbonyl (C=O) groups excluding carboxylic acids is 1. The third-order valence-corrected chi connectivity index (χ3v) is 3.58. The van der Waals surface area contributed by atoms with Gasteiger partial charge in [-0.25, -0.2) is 4.79 Å². The Balaban J connectivity index is 2.56. The van der Waals surface area contributed by atoms with Crippen molar-refractivity contribution in [3.05, 3.63) is 9.81 Å². The van der Waals surface area contributed by atoms with Gasteiger partial charge in [0.2, 0.25) is 0 Å². The van der Waals surface area contributed by atoms with Gasteiger partial charge in [0.15, 0.2) is 6.73 Å². The Bertz CT molecular complexity index is 355. The number of carbonyl (C=O) groups is 1.